The Morgan fingerprint density at radius 3 is 1.53 bits per heavy atom. The molecule has 0 amide bonds. The van der Waals surface area contributed by atoms with Crippen molar-refractivity contribution in [1.29, 1.82) is 0 Å². The Balaban J connectivity index is 0.000000195. The number of hydrogen-bond acceptors (Lipinski definition) is 4. The molecule has 5 nitrogen and oxygen atoms in total. The van der Waals surface area contributed by atoms with Gasteiger partial charge >= 0.3 is 0 Å². The van der Waals surface area contributed by atoms with E-state index in [1.807, 2.05) is 36.7 Å². The second-order valence-electron chi connectivity index (χ2n) is 2.61. The van der Waals surface area contributed by atoms with Crippen LogP contribution in [0.4, 0.5) is 0 Å². The van der Waals surface area contributed by atoms with Gasteiger partial charge in [0, 0.05) is 24.3 Å². The molecule has 0 fully saturated rings. The number of rotatable bonds is 0. The quantitative estimate of drug-likeness (QED) is 0.442. The fraction of sp³-hybridized carbons (Fsp3) is 0. The van der Waals surface area contributed by atoms with Gasteiger partial charge < -0.3 is 0 Å². The van der Waals surface area contributed by atoms with Gasteiger partial charge in [0.25, 0.3) is 0 Å². The molecule has 0 saturated carbocycles. The minimum Gasteiger partial charge on any atom is -0.222 e. The molecular weight excluding hydrogens is 222 g/mol. The van der Waals surface area contributed by atoms with Gasteiger partial charge in [-0.05, 0) is 12.1 Å². The molecule has 0 aliphatic heterocycles. The first-order valence-corrected chi connectivity index (χ1v) is 5.17. The predicted molar refractivity (Wildman–Crippen MR) is 39.6 cm³/mol. The standard InChI is InChI=1S/C9H8N.ClHO4/c1-3-7-10-8-4-2-6-9(10)5-1;2-1(3,4)5/h1-8H;(H,2,3,4,5)/q+1;/p-1. The van der Waals surface area contributed by atoms with Gasteiger partial charge in [-0.1, -0.05) is 0 Å². The maximum absolute atomic E-state index is 8.49. The molecule has 0 atom stereocenters. The van der Waals surface area contributed by atoms with Crippen LogP contribution in [0.3, 0.4) is 0 Å². The lowest BCUT2D eigenvalue weighted by atomic mass is 10.3. The van der Waals surface area contributed by atoms with E-state index in [0.717, 1.165) is 0 Å². The number of hydrogen-bond donors (Lipinski definition) is 0. The first-order chi connectivity index (χ1) is 6.97. The van der Waals surface area contributed by atoms with Gasteiger partial charge in [0.05, 0.1) is 0 Å². The molecule has 2 rings (SSSR count). The highest BCUT2D eigenvalue weighted by atomic mass is 35.7. The molecule has 0 bridgehead atoms. The summed E-state index contributed by atoms with van der Waals surface area (Å²) in [7, 11) is -4.94. The van der Waals surface area contributed by atoms with E-state index in [1.54, 1.807) is 0 Å². The molecule has 0 N–H and O–H groups in total. The molecule has 0 spiro atoms. The summed E-state index contributed by atoms with van der Waals surface area (Å²) in [5, 5.41) is 0. The van der Waals surface area contributed by atoms with Crippen LogP contribution in [0.5, 0.6) is 0 Å². The average molecular weight is 230 g/mol. The molecule has 0 radical (unpaired) electrons. The van der Waals surface area contributed by atoms with Gasteiger partial charge in [0.2, 0.25) is 5.52 Å². The molecular formula is C9H8ClNO4. The highest BCUT2D eigenvalue weighted by Gasteiger charge is 1.93. The van der Waals surface area contributed by atoms with Crippen molar-refractivity contribution in [3.8, 4) is 0 Å². The minimum atomic E-state index is -4.94. The molecule has 2 aromatic rings. The normalized spacial score (nSPS) is 10.7. The molecule has 15 heavy (non-hydrogen) atoms. The summed E-state index contributed by atoms with van der Waals surface area (Å²) in [6.45, 7) is 0. The van der Waals surface area contributed by atoms with Gasteiger partial charge in [-0.2, -0.15) is 4.40 Å². The zero-order valence-electron chi connectivity index (χ0n) is 7.58. The van der Waals surface area contributed by atoms with Crippen LogP contribution in [-0.2, 0) is 0 Å². The summed E-state index contributed by atoms with van der Waals surface area (Å²) in [6.07, 6.45) is 4.07. The van der Waals surface area contributed by atoms with Crippen molar-refractivity contribution in [1.82, 2.24) is 0 Å². The number of fused-ring (bicyclic) bond motifs is 1. The van der Waals surface area contributed by atoms with Crippen LogP contribution in [0.15, 0.2) is 48.8 Å². The van der Waals surface area contributed by atoms with Gasteiger partial charge in [0.1, 0.15) is 0 Å². The summed E-state index contributed by atoms with van der Waals surface area (Å²) in [6, 6.07) is 12.3. The Morgan fingerprint density at radius 2 is 1.20 bits per heavy atom. The van der Waals surface area contributed by atoms with E-state index in [0.29, 0.717) is 0 Å². The molecule has 80 valence electrons. The van der Waals surface area contributed by atoms with Crippen molar-refractivity contribution >= 4 is 5.52 Å². The molecule has 0 unspecified atom stereocenters. The maximum Gasteiger partial charge on any atom is 0.210 e. The van der Waals surface area contributed by atoms with Crippen LogP contribution < -0.4 is 23.0 Å². The van der Waals surface area contributed by atoms with Gasteiger partial charge in [-0.15, -0.1) is 10.2 Å². The van der Waals surface area contributed by atoms with E-state index in [1.165, 1.54) is 5.52 Å². The SMILES string of the molecule is [O-][Cl+3]([O-])([O-])[O-].c1cc[n+]2ccccc2c1. The van der Waals surface area contributed by atoms with Crippen molar-refractivity contribution in [3.63, 3.8) is 0 Å². The third-order valence-corrected chi connectivity index (χ3v) is 1.55. The van der Waals surface area contributed by atoms with Crippen LogP contribution in [0.2, 0.25) is 0 Å². The zero-order valence-corrected chi connectivity index (χ0v) is 8.33. The van der Waals surface area contributed by atoms with Crippen LogP contribution >= 0.6 is 0 Å². The first kappa shape index (κ1) is 11.8. The van der Waals surface area contributed by atoms with Crippen molar-refractivity contribution in [2.45, 2.75) is 0 Å². The third kappa shape index (κ3) is 5.26. The number of nitrogens with zero attached hydrogens (tertiary/aromatic N) is 1. The van der Waals surface area contributed by atoms with E-state index >= 15 is 0 Å². The largest absolute Gasteiger partial charge is 0.222 e. The zero-order chi connectivity index (χ0) is 11.3. The van der Waals surface area contributed by atoms with E-state index in [9.17, 15) is 0 Å². The van der Waals surface area contributed by atoms with Crippen molar-refractivity contribution in [3.05, 3.63) is 48.8 Å². The average Bonchev–Trinajstić information content (AvgIpc) is 2.16. The molecule has 0 aromatic carbocycles. The van der Waals surface area contributed by atoms with Gasteiger partial charge in [-0.25, -0.2) is 18.6 Å². The molecule has 2 aromatic heterocycles. The van der Waals surface area contributed by atoms with Crippen molar-refractivity contribution in [2.75, 3.05) is 0 Å². The lowest BCUT2D eigenvalue weighted by Crippen LogP contribution is -2.68. The summed E-state index contributed by atoms with van der Waals surface area (Å²) < 4.78 is 36.1. The Bertz CT molecular complexity index is 358. The second kappa shape index (κ2) is 5.01. The molecule has 6 heteroatoms. The van der Waals surface area contributed by atoms with E-state index < -0.39 is 10.2 Å². The maximum atomic E-state index is 8.49. The van der Waals surface area contributed by atoms with Crippen LogP contribution in [-0.4, -0.2) is 0 Å². The van der Waals surface area contributed by atoms with Crippen molar-refractivity contribution < 1.29 is 33.3 Å². The van der Waals surface area contributed by atoms with Gasteiger partial charge in [-0.3, -0.25) is 0 Å². The number of halogens is 1. The molecule has 0 saturated heterocycles. The van der Waals surface area contributed by atoms with E-state index in [4.69, 9.17) is 18.6 Å². The van der Waals surface area contributed by atoms with Crippen LogP contribution in [0.25, 0.3) is 5.52 Å². The summed E-state index contributed by atoms with van der Waals surface area (Å²) in [4.78, 5) is 0. The second-order valence-corrected chi connectivity index (χ2v) is 3.37. The molecule has 0 aliphatic rings. The summed E-state index contributed by atoms with van der Waals surface area (Å²) >= 11 is 0. The lowest BCUT2D eigenvalue weighted by Gasteiger charge is -2.17. The topological polar surface area (TPSA) is 96.3 Å². The Morgan fingerprint density at radius 1 is 0.800 bits per heavy atom. The fourth-order valence-electron chi connectivity index (χ4n) is 1.04. The van der Waals surface area contributed by atoms with Crippen LogP contribution in [0, 0.1) is 10.2 Å². The summed E-state index contributed by atoms with van der Waals surface area (Å²) in [5.74, 6) is 0. The van der Waals surface area contributed by atoms with E-state index in [2.05, 4.69) is 16.5 Å². The molecule has 2 heterocycles. The Labute approximate surface area is 88.2 Å². The Kier molecular flexibility index (Phi) is 3.96. The van der Waals surface area contributed by atoms with E-state index in [-0.39, 0.29) is 0 Å². The summed E-state index contributed by atoms with van der Waals surface area (Å²) in [5.41, 5.74) is 1.23. The fourth-order valence-corrected chi connectivity index (χ4v) is 1.04. The number of pyridine rings is 2. The monoisotopic (exact) mass is 229 g/mol. The smallest absolute Gasteiger partial charge is 0.210 e. The Hall–Kier alpha value is -1.24. The highest BCUT2D eigenvalue weighted by molar-refractivity contribution is 5.36. The highest BCUT2D eigenvalue weighted by Crippen LogP contribution is 1.92. The third-order valence-electron chi connectivity index (χ3n) is 1.55. The molecule has 0 aliphatic carbocycles. The van der Waals surface area contributed by atoms with Gasteiger partial charge in [0.15, 0.2) is 12.4 Å². The predicted octanol–water partition coefficient (Wildman–Crippen LogP) is -3.33. The lowest BCUT2D eigenvalue weighted by molar-refractivity contribution is -2.00. The van der Waals surface area contributed by atoms with Crippen LogP contribution in [0.1, 0.15) is 0 Å². The van der Waals surface area contributed by atoms with Crippen molar-refractivity contribution in [2.24, 2.45) is 0 Å². The first-order valence-electron chi connectivity index (χ1n) is 3.93. The number of aromatic nitrogens is 1. The minimum absolute atomic E-state index is 1.23.